The Kier molecular flexibility index (Phi) is 5.88. The Morgan fingerprint density at radius 2 is 1.79 bits per heavy atom. The van der Waals surface area contributed by atoms with Gasteiger partial charge in [-0.15, -0.1) is 0 Å². The van der Waals surface area contributed by atoms with Gasteiger partial charge in [-0.2, -0.15) is 5.10 Å². The molecule has 1 amide bonds. The summed E-state index contributed by atoms with van der Waals surface area (Å²) in [5.41, 5.74) is 6.69. The number of benzene rings is 2. The fourth-order valence-electron chi connectivity index (χ4n) is 2.87. The Bertz CT molecular complexity index is 1050. The van der Waals surface area contributed by atoms with Crippen molar-refractivity contribution in [3.8, 4) is 5.69 Å². The lowest BCUT2D eigenvalue weighted by molar-refractivity contribution is -0.384. The minimum atomic E-state index is -0.511. The predicted molar refractivity (Wildman–Crippen MR) is 116 cm³/mol. The van der Waals surface area contributed by atoms with Crippen LogP contribution in [0.25, 0.3) is 5.69 Å². The molecule has 0 bridgehead atoms. The highest BCUT2D eigenvalue weighted by molar-refractivity contribution is 14.1. The van der Waals surface area contributed by atoms with E-state index >= 15 is 0 Å². The number of carbonyl (C=O) groups is 1. The molecule has 0 aliphatic rings. The number of aromatic nitrogens is 1. The lowest BCUT2D eigenvalue weighted by atomic mass is 10.2. The van der Waals surface area contributed by atoms with Crippen molar-refractivity contribution in [1.29, 1.82) is 0 Å². The summed E-state index contributed by atoms with van der Waals surface area (Å²) in [5, 5.41) is 14.7. The van der Waals surface area contributed by atoms with Crippen molar-refractivity contribution in [2.75, 3.05) is 0 Å². The zero-order valence-electron chi connectivity index (χ0n) is 15.2. The van der Waals surface area contributed by atoms with Crippen molar-refractivity contribution in [1.82, 2.24) is 9.99 Å². The Hall–Kier alpha value is -3.01. The van der Waals surface area contributed by atoms with E-state index in [-0.39, 0.29) is 5.69 Å². The molecule has 0 radical (unpaired) electrons. The third-order valence-corrected chi connectivity index (χ3v) is 4.98. The molecule has 28 heavy (non-hydrogen) atoms. The number of amides is 1. The van der Waals surface area contributed by atoms with Gasteiger partial charge in [0.1, 0.15) is 0 Å². The number of hydrazone groups is 1. The molecule has 1 aromatic heterocycles. The van der Waals surface area contributed by atoms with Gasteiger partial charge in [-0.3, -0.25) is 14.9 Å². The molecule has 0 unspecified atom stereocenters. The van der Waals surface area contributed by atoms with Crippen molar-refractivity contribution >= 4 is 40.4 Å². The van der Waals surface area contributed by atoms with Gasteiger partial charge in [0, 0.05) is 43.9 Å². The largest absolute Gasteiger partial charge is 0.318 e. The van der Waals surface area contributed by atoms with Crippen LogP contribution in [0.1, 0.15) is 27.3 Å². The van der Waals surface area contributed by atoms with E-state index in [9.17, 15) is 14.9 Å². The zero-order valence-corrected chi connectivity index (χ0v) is 17.4. The van der Waals surface area contributed by atoms with Crippen molar-refractivity contribution in [3.05, 3.63) is 90.8 Å². The molecule has 0 spiro atoms. The van der Waals surface area contributed by atoms with Crippen LogP contribution in [0.4, 0.5) is 5.69 Å². The summed E-state index contributed by atoms with van der Waals surface area (Å²) in [7, 11) is 0. The smallest absolute Gasteiger partial charge is 0.271 e. The van der Waals surface area contributed by atoms with Crippen LogP contribution in [-0.2, 0) is 0 Å². The molecule has 2 aromatic carbocycles. The van der Waals surface area contributed by atoms with Crippen LogP contribution in [0.3, 0.4) is 0 Å². The number of carbonyl (C=O) groups excluding carboxylic acids is 1. The summed E-state index contributed by atoms with van der Waals surface area (Å²) in [4.78, 5) is 22.3. The van der Waals surface area contributed by atoms with Crippen LogP contribution in [0, 0.1) is 27.5 Å². The highest BCUT2D eigenvalue weighted by Gasteiger charge is 2.11. The summed E-state index contributed by atoms with van der Waals surface area (Å²) in [6.07, 6.45) is 1.59. The molecule has 1 heterocycles. The van der Waals surface area contributed by atoms with Crippen LogP contribution in [0.15, 0.2) is 59.7 Å². The summed E-state index contributed by atoms with van der Waals surface area (Å²) in [5.74, 6) is -0.433. The number of nitrogens with one attached hydrogen (secondary N) is 1. The van der Waals surface area contributed by atoms with Crippen molar-refractivity contribution in [2.45, 2.75) is 13.8 Å². The van der Waals surface area contributed by atoms with E-state index < -0.39 is 10.8 Å². The molecule has 0 aliphatic heterocycles. The number of aryl methyl sites for hydroxylation is 1. The van der Waals surface area contributed by atoms with Gasteiger partial charge in [0.05, 0.1) is 11.1 Å². The van der Waals surface area contributed by atoms with Crippen molar-refractivity contribution < 1.29 is 9.72 Å². The first-order chi connectivity index (χ1) is 13.4. The number of hydrogen-bond donors (Lipinski definition) is 1. The van der Waals surface area contributed by atoms with Gasteiger partial charge in [0.15, 0.2) is 0 Å². The van der Waals surface area contributed by atoms with Crippen LogP contribution in [-0.4, -0.2) is 21.6 Å². The average molecular weight is 488 g/mol. The fraction of sp³-hybridized carbons (Fsp3) is 0.100. The van der Waals surface area contributed by atoms with Crippen molar-refractivity contribution in [2.24, 2.45) is 5.10 Å². The molecule has 3 rings (SSSR count). The Morgan fingerprint density at radius 1 is 1.14 bits per heavy atom. The van der Waals surface area contributed by atoms with Gasteiger partial charge in [0.25, 0.3) is 11.6 Å². The molecule has 0 aliphatic carbocycles. The zero-order chi connectivity index (χ0) is 20.3. The van der Waals surface area contributed by atoms with Gasteiger partial charge < -0.3 is 4.57 Å². The third kappa shape index (κ3) is 4.28. The maximum atomic E-state index is 12.1. The quantitative estimate of drug-likeness (QED) is 0.250. The summed E-state index contributed by atoms with van der Waals surface area (Å²) in [6, 6.07) is 15.6. The molecule has 142 valence electrons. The summed E-state index contributed by atoms with van der Waals surface area (Å²) < 4.78 is 3.29. The fourth-order valence-corrected chi connectivity index (χ4v) is 3.22. The van der Waals surface area contributed by atoms with E-state index in [0.717, 1.165) is 22.6 Å². The average Bonchev–Trinajstić information content (AvgIpc) is 2.96. The lowest BCUT2D eigenvalue weighted by Crippen LogP contribution is -2.17. The number of rotatable bonds is 5. The van der Waals surface area contributed by atoms with Gasteiger partial charge >= 0.3 is 0 Å². The molecule has 0 atom stereocenters. The Morgan fingerprint density at radius 3 is 2.39 bits per heavy atom. The number of halogens is 1. The first-order valence-corrected chi connectivity index (χ1v) is 9.47. The van der Waals surface area contributed by atoms with Crippen LogP contribution >= 0.6 is 22.6 Å². The SMILES string of the molecule is Cc1cc(/C=N\NC(=O)c2ccc([N+](=O)[O-])cc2)c(C)n1-c1ccc(I)cc1. The van der Waals surface area contributed by atoms with E-state index in [0.29, 0.717) is 5.56 Å². The lowest BCUT2D eigenvalue weighted by Gasteiger charge is -2.09. The van der Waals surface area contributed by atoms with Gasteiger partial charge in [-0.1, -0.05) is 0 Å². The topological polar surface area (TPSA) is 89.5 Å². The predicted octanol–water partition coefficient (Wildman–Crippen LogP) is 4.37. The minimum Gasteiger partial charge on any atom is -0.318 e. The first-order valence-electron chi connectivity index (χ1n) is 8.39. The number of non-ortho nitro benzene ring substituents is 1. The molecule has 0 fully saturated rings. The Balaban J connectivity index is 1.74. The van der Waals surface area contributed by atoms with E-state index in [4.69, 9.17) is 0 Å². The number of hydrogen-bond acceptors (Lipinski definition) is 4. The van der Waals surface area contributed by atoms with Crippen LogP contribution < -0.4 is 5.43 Å². The van der Waals surface area contributed by atoms with Crippen LogP contribution in [0.5, 0.6) is 0 Å². The van der Waals surface area contributed by atoms with Gasteiger partial charge in [0.2, 0.25) is 0 Å². The van der Waals surface area contributed by atoms with E-state index in [2.05, 4.69) is 49.8 Å². The number of nitro groups is 1. The first kappa shape index (κ1) is 19.7. The molecule has 8 heteroatoms. The van der Waals surface area contributed by atoms with Crippen molar-refractivity contribution in [3.63, 3.8) is 0 Å². The number of nitro benzene ring substituents is 1. The third-order valence-electron chi connectivity index (χ3n) is 4.27. The normalized spacial score (nSPS) is 11.0. The van der Waals surface area contributed by atoms with E-state index in [1.54, 1.807) is 6.21 Å². The molecule has 1 N–H and O–H groups in total. The van der Waals surface area contributed by atoms with E-state index in [1.165, 1.54) is 27.8 Å². The highest BCUT2D eigenvalue weighted by atomic mass is 127. The molecule has 7 nitrogen and oxygen atoms in total. The number of nitrogens with zero attached hydrogens (tertiary/aromatic N) is 3. The summed E-state index contributed by atoms with van der Waals surface area (Å²) >= 11 is 2.27. The molecular formula is C20H17IN4O3. The molecule has 0 saturated carbocycles. The van der Waals surface area contributed by atoms with Crippen LogP contribution in [0.2, 0.25) is 0 Å². The second-order valence-corrected chi connectivity index (χ2v) is 7.39. The minimum absolute atomic E-state index is 0.0666. The molecule has 0 saturated heterocycles. The second-order valence-electron chi connectivity index (χ2n) is 6.14. The highest BCUT2D eigenvalue weighted by Crippen LogP contribution is 2.20. The maximum absolute atomic E-state index is 12.1. The maximum Gasteiger partial charge on any atom is 0.271 e. The second kappa shape index (κ2) is 8.34. The van der Waals surface area contributed by atoms with Gasteiger partial charge in [-0.05, 0) is 78.9 Å². The van der Waals surface area contributed by atoms with Gasteiger partial charge in [-0.25, -0.2) is 5.43 Å². The standard InChI is InChI=1S/C20H17IN4O3/c1-13-11-16(14(2)24(13)18-9-5-17(21)6-10-18)12-22-23-20(26)15-3-7-19(8-4-15)25(27)28/h3-12H,1-2H3,(H,23,26)/b22-12-. The van der Waals surface area contributed by atoms with E-state index in [1.807, 2.05) is 32.0 Å². The Labute approximate surface area is 175 Å². The molecule has 3 aromatic rings. The monoisotopic (exact) mass is 488 g/mol. The summed E-state index contributed by atoms with van der Waals surface area (Å²) in [6.45, 7) is 4.00. The molecular weight excluding hydrogens is 471 g/mol.